The Morgan fingerprint density at radius 2 is 2.23 bits per heavy atom. The highest BCUT2D eigenvalue weighted by Crippen LogP contribution is 2.10. The number of nitrogens with one attached hydrogen (secondary N) is 1. The van der Waals surface area contributed by atoms with E-state index in [1.54, 1.807) is 0 Å². The van der Waals surface area contributed by atoms with Gasteiger partial charge in [0.25, 0.3) is 0 Å². The Labute approximate surface area is 77.3 Å². The van der Waals surface area contributed by atoms with Gasteiger partial charge < -0.3 is 4.98 Å². The summed E-state index contributed by atoms with van der Waals surface area (Å²) in [7, 11) is 0. The predicted octanol–water partition coefficient (Wildman–Crippen LogP) is 2.99. The second-order valence-corrected chi connectivity index (χ2v) is 2.95. The minimum Gasteiger partial charge on any atom is -0.338 e. The Balaban J connectivity index is 2.44. The Hall–Kier alpha value is -1.57. The van der Waals surface area contributed by atoms with Gasteiger partial charge in [0.15, 0.2) is 0 Å². The van der Waals surface area contributed by atoms with Crippen molar-refractivity contribution in [1.29, 1.82) is 0 Å². The second kappa shape index (κ2) is 3.44. The van der Waals surface area contributed by atoms with E-state index in [0.29, 0.717) is 0 Å². The van der Waals surface area contributed by atoms with E-state index >= 15 is 0 Å². The smallest absolute Gasteiger partial charge is 0.130 e. The van der Waals surface area contributed by atoms with Crippen LogP contribution in [0.25, 0.3) is 17.1 Å². The van der Waals surface area contributed by atoms with Crippen LogP contribution in [-0.2, 0) is 0 Å². The van der Waals surface area contributed by atoms with Crippen molar-refractivity contribution in [2.24, 2.45) is 0 Å². The highest BCUT2D eigenvalue weighted by molar-refractivity contribution is 5.76. The van der Waals surface area contributed by atoms with Crippen LogP contribution in [0.3, 0.4) is 0 Å². The van der Waals surface area contributed by atoms with Gasteiger partial charge in [0.05, 0.1) is 11.0 Å². The number of benzene rings is 1. The lowest BCUT2D eigenvalue weighted by Crippen LogP contribution is -1.71. The summed E-state index contributed by atoms with van der Waals surface area (Å²) in [6.07, 6.45) is 5.15. The van der Waals surface area contributed by atoms with E-state index in [1.165, 1.54) is 0 Å². The standard InChI is InChI=1S/C11H12N2/c1-2-3-8-11-12-9-6-4-5-7-10(9)13-11/h3-8H,2H2,1H3,(H,12,13)/b8-3-. The van der Waals surface area contributed by atoms with Crippen molar-refractivity contribution in [2.75, 3.05) is 0 Å². The first-order valence-electron chi connectivity index (χ1n) is 4.51. The van der Waals surface area contributed by atoms with Crippen molar-refractivity contribution in [3.05, 3.63) is 36.2 Å². The van der Waals surface area contributed by atoms with E-state index in [2.05, 4.69) is 23.0 Å². The maximum atomic E-state index is 4.41. The lowest BCUT2D eigenvalue weighted by Gasteiger charge is -1.81. The summed E-state index contributed by atoms with van der Waals surface area (Å²) in [5.41, 5.74) is 2.12. The van der Waals surface area contributed by atoms with Crippen molar-refractivity contribution in [1.82, 2.24) is 9.97 Å². The van der Waals surface area contributed by atoms with Crippen molar-refractivity contribution in [2.45, 2.75) is 13.3 Å². The molecule has 0 radical (unpaired) electrons. The lowest BCUT2D eigenvalue weighted by molar-refractivity contribution is 1.22. The number of hydrogen-bond acceptors (Lipinski definition) is 1. The third-order valence-electron chi connectivity index (χ3n) is 1.92. The number of fused-ring (bicyclic) bond motifs is 1. The third-order valence-corrected chi connectivity index (χ3v) is 1.92. The van der Waals surface area contributed by atoms with E-state index < -0.39 is 0 Å². The Morgan fingerprint density at radius 3 is 3.00 bits per heavy atom. The molecule has 0 amide bonds. The number of imidazole rings is 1. The molecule has 0 aliphatic carbocycles. The van der Waals surface area contributed by atoms with Crippen LogP contribution in [-0.4, -0.2) is 9.97 Å². The van der Waals surface area contributed by atoms with Crippen LogP contribution in [0.4, 0.5) is 0 Å². The van der Waals surface area contributed by atoms with Crippen LogP contribution < -0.4 is 0 Å². The minimum absolute atomic E-state index is 0.933. The number of rotatable bonds is 2. The average Bonchev–Trinajstić information content (AvgIpc) is 2.57. The first-order valence-corrected chi connectivity index (χ1v) is 4.51. The summed E-state index contributed by atoms with van der Waals surface area (Å²) in [4.78, 5) is 7.64. The number of aromatic amines is 1. The molecule has 1 N–H and O–H groups in total. The largest absolute Gasteiger partial charge is 0.338 e. The summed E-state index contributed by atoms with van der Waals surface area (Å²) in [6, 6.07) is 8.05. The van der Waals surface area contributed by atoms with Gasteiger partial charge in [-0.25, -0.2) is 4.98 Å². The van der Waals surface area contributed by atoms with Crippen molar-refractivity contribution < 1.29 is 0 Å². The zero-order valence-electron chi connectivity index (χ0n) is 7.62. The number of aromatic nitrogens is 2. The molecule has 1 aromatic carbocycles. The normalized spacial score (nSPS) is 11.5. The maximum Gasteiger partial charge on any atom is 0.130 e. The van der Waals surface area contributed by atoms with Gasteiger partial charge in [-0.15, -0.1) is 0 Å². The quantitative estimate of drug-likeness (QED) is 0.741. The van der Waals surface area contributed by atoms with Gasteiger partial charge in [-0.1, -0.05) is 25.1 Å². The molecule has 2 rings (SSSR count). The van der Waals surface area contributed by atoms with Gasteiger partial charge in [0.1, 0.15) is 5.82 Å². The molecule has 2 nitrogen and oxygen atoms in total. The Morgan fingerprint density at radius 1 is 1.38 bits per heavy atom. The fraction of sp³-hybridized carbons (Fsp3) is 0.182. The fourth-order valence-electron chi connectivity index (χ4n) is 1.28. The number of nitrogens with zero attached hydrogens (tertiary/aromatic N) is 1. The molecule has 0 unspecified atom stereocenters. The Bertz CT molecular complexity index is 393. The van der Waals surface area contributed by atoms with Crippen LogP contribution in [0.1, 0.15) is 19.2 Å². The molecule has 0 bridgehead atoms. The third kappa shape index (κ3) is 1.61. The molecule has 0 aliphatic heterocycles. The summed E-state index contributed by atoms with van der Waals surface area (Å²) < 4.78 is 0. The number of para-hydroxylation sites is 2. The van der Waals surface area contributed by atoms with Gasteiger partial charge in [0, 0.05) is 0 Å². The fourth-order valence-corrected chi connectivity index (χ4v) is 1.28. The predicted molar refractivity (Wildman–Crippen MR) is 55.4 cm³/mol. The molecule has 1 heterocycles. The molecule has 66 valence electrons. The van der Waals surface area contributed by atoms with E-state index in [9.17, 15) is 0 Å². The lowest BCUT2D eigenvalue weighted by atomic mass is 10.3. The zero-order valence-corrected chi connectivity index (χ0v) is 7.62. The SMILES string of the molecule is CC/C=C\c1nc2ccccc2[nH]1. The highest BCUT2D eigenvalue weighted by atomic mass is 14.9. The number of H-pyrrole nitrogens is 1. The summed E-state index contributed by atoms with van der Waals surface area (Å²) in [5.74, 6) is 0.933. The molecular weight excluding hydrogens is 160 g/mol. The summed E-state index contributed by atoms with van der Waals surface area (Å²) in [5, 5.41) is 0. The number of hydrogen-bond donors (Lipinski definition) is 1. The first-order chi connectivity index (χ1) is 6.40. The van der Waals surface area contributed by atoms with E-state index in [-0.39, 0.29) is 0 Å². The topological polar surface area (TPSA) is 28.7 Å². The van der Waals surface area contributed by atoms with Gasteiger partial charge >= 0.3 is 0 Å². The van der Waals surface area contributed by atoms with Crippen molar-refractivity contribution >= 4 is 17.1 Å². The van der Waals surface area contributed by atoms with Gasteiger partial charge in [-0.05, 0) is 24.6 Å². The highest BCUT2D eigenvalue weighted by Gasteiger charge is 1.96. The molecule has 0 saturated heterocycles. The van der Waals surface area contributed by atoms with Crippen LogP contribution in [0.2, 0.25) is 0 Å². The summed E-state index contributed by atoms with van der Waals surface area (Å²) in [6.45, 7) is 2.11. The maximum absolute atomic E-state index is 4.41. The molecular formula is C11H12N2. The van der Waals surface area contributed by atoms with Crippen LogP contribution in [0.5, 0.6) is 0 Å². The number of allylic oxidation sites excluding steroid dienone is 1. The molecule has 0 saturated carbocycles. The van der Waals surface area contributed by atoms with Crippen LogP contribution in [0.15, 0.2) is 30.3 Å². The monoisotopic (exact) mass is 172 g/mol. The zero-order chi connectivity index (χ0) is 9.10. The summed E-state index contributed by atoms with van der Waals surface area (Å²) >= 11 is 0. The van der Waals surface area contributed by atoms with E-state index in [1.807, 2.05) is 30.3 Å². The molecule has 0 spiro atoms. The molecule has 2 aromatic rings. The molecule has 0 atom stereocenters. The molecule has 2 heteroatoms. The second-order valence-electron chi connectivity index (χ2n) is 2.95. The average molecular weight is 172 g/mol. The van der Waals surface area contributed by atoms with Gasteiger partial charge in [-0.3, -0.25) is 0 Å². The van der Waals surface area contributed by atoms with Crippen LogP contribution in [0, 0.1) is 0 Å². The minimum atomic E-state index is 0.933. The van der Waals surface area contributed by atoms with Crippen molar-refractivity contribution in [3.8, 4) is 0 Å². The Kier molecular flexibility index (Phi) is 2.13. The van der Waals surface area contributed by atoms with E-state index in [4.69, 9.17) is 0 Å². The molecule has 0 fully saturated rings. The molecule has 0 aliphatic rings. The molecule has 13 heavy (non-hydrogen) atoms. The van der Waals surface area contributed by atoms with Gasteiger partial charge in [0.2, 0.25) is 0 Å². The van der Waals surface area contributed by atoms with Crippen molar-refractivity contribution in [3.63, 3.8) is 0 Å². The van der Waals surface area contributed by atoms with Gasteiger partial charge in [-0.2, -0.15) is 0 Å². The molecule has 1 aromatic heterocycles. The first kappa shape index (κ1) is 8.05. The van der Waals surface area contributed by atoms with Crippen LogP contribution >= 0.6 is 0 Å². The van der Waals surface area contributed by atoms with E-state index in [0.717, 1.165) is 23.3 Å².